The molecule has 3 N–H and O–H groups in total. The maximum absolute atomic E-state index is 11.6. The molecule has 0 aliphatic rings. The monoisotopic (exact) mass is 466 g/mol. The number of aryl methyl sites for hydroxylation is 2. The number of aromatic nitrogens is 5. The van der Waals surface area contributed by atoms with Crippen LogP contribution in [0.5, 0.6) is 0 Å². The SMILES string of the molecule is Cc1nc2cc(-c3ccc(NSc4nc5[nH]c(=O)c(=O)[nH]c5cc4C)cc3Cl)cnc2o1. The molecule has 11 heteroatoms. The van der Waals surface area contributed by atoms with Gasteiger partial charge in [0.05, 0.1) is 10.5 Å². The van der Waals surface area contributed by atoms with Gasteiger partial charge in [0.2, 0.25) is 5.71 Å². The zero-order chi connectivity index (χ0) is 22.4. The van der Waals surface area contributed by atoms with Gasteiger partial charge in [0.25, 0.3) is 0 Å². The second-order valence-electron chi connectivity index (χ2n) is 7.09. The van der Waals surface area contributed by atoms with Gasteiger partial charge < -0.3 is 19.1 Å². The smallest absolute Gasteiger partial charge is 0.315 e. The van der Waals surface area contributed by atoms with Crippen LogP contribution in [-0.4, -0.2) is 24.9 Å². The van der Waals surface area contributed by atoms with Crippen molar-refractivity contribution >= 4 is 51.6 Å². The van der Waals surface area contributed by atoms with Gasteiger partial charge in [0.1, 0.15) is 10.5 Å². The van der Waals surface area contributed by atoms with E-state index in [0.29, 0.717) is 38.3 Å². The average Bonchev–Trinajstić information content (AvgIpc) is 3.13. The Bertz CT molecular complexity index is 1620. The Morgan fingerprint density at radius 2 is 1.88 bits per heavy atom. The Balaban J connectivity index is 1.40. The second kappa shape index (κ2) is 7.81. The highest BCUT2D eigenvalue weighted by Gasteiger charge is 2.11. The van der Waals surface area contributed by atoms with Crippen molar-refractivity contribution < 1.29 is 4.42 Å². The molecule has 0 radical (unpaired) electrons. The summed E-state index contributed by atoms with van der Waals surface area (Å²) in [6.45, 7) is 3.64. The second-order valence-corrected chi connectivity index (χ2v) is 8.30. The van der Waals surface area contributed by atoms with Crippen molar-refractivity contribution in [3.63, 3.8) is 0 Å². The highest BCUT2D eigenvalue weighted by Crippen LogP contribution is 2.33. The minimum Gasteiger partial charge on any atom is -0.423 e. The van der Waals surface area contributed by atoms with E-state index in [1.807, 2.05) is 25.1 Å². The number of benzene rings is 1. The Hall–Kier alpha value is -3.63. The quantitative estimate of drug-likeness (QED) is 0.265. The predicted octanol–water partition coefficient (Wildman–Crippen LogP) is 4.20. The Morgan fingerprint density at radius 3 is 2.69 bits per heavy atom. The van der Waals surface area contributed by atoms with E-state index >= 15 is 0 Å². The van der Waals surface area contributed by atoms with Gasteiger partial charge in [-0.3, -0.25) is 9.59 Å². The van der Waals surface area contributed by atoms with Crippen molar-refractivity contribution in [3.05, 3.63) is 73.7 Å². The van der Waals surface area contributed by atoms with Crippen LogP contribution in [0.4, 0.5) is 5.69 Å². The molecule has 5 rings (SSSR count). The molecule has 0 atom stereocenters. The number of H-pyrrole nitrogens is 2. The van der Waals surface area contributed by atoms with Gasteiger partial charge >= 0.3 is 11.1 Å². The highest BCUT2D eigenvalue weighted by atomic mass is 35.5. The molecule has 0 spiro atoms. The van der Waals surface area contributed by atoms with Crippen LogP contribution in [0.3, 0.4) is 0 Å². The summed E-state index contributed by atoms with van der Waals surface area (Å²) in [7, 11) is 0. The number of oxazole rings is 1. The van der Waals surface area contributed by atoms with E-state index in [4.69, 9.17) is 16.0 Å². The normalized spacial score (nSPS) is 11.3. The van der Waals surface area contributed by atoms with E-state index in [2.05, 4.69) is 29.6 Å². The summed E-state index contributed by atoms with van der Waals surface area (Å²) >= 11 is 7.81. The molecule has 0 saturated carbocycles. The van der Waals surface area contributed by atoms with Crippen molar-refractivity contribution in [2.45, 2.75) is 18.9 Å². The fourth-order valence-corrected chi connectivity index (χ4v) is 4.22. The van der Waals surface area contributed by atoms with E-state index in [0.717, 1.165) is 22.4 Å². The fraction of sp³-hybridized carbons (Fsp3) is 0.0952. The Labute approximate surface area is 189 Å². The number of fused-ring (bicyclic) bond motifs is 2. The van der Waals surface area contributed by atoms with Crippen LogP contribution < -0.4 is 15.8 Å². The number of hydrogen-bond acceptors (Lipinski definition) is 8. The standard InChI is InChI=1S/C21H15ClN6O3S/c1-9-5-15-17(26-19(30)18(29)25-15)27-21(9)32-28-12-3-4-13(14(22)7-12)11-6-16-20(23-8-11)31-10(2)24-16/h3-8,28H,1-2H3,(H,25,29)(H,26,27,30). The molecule has 0 bridgehead atoms. The van der Waals surface area contributed by atoms with Gasteiger partial charge in [-0.05, 0) is 36.8 Å². The number of hydrogen-bond donors (Lipinski definition) is 3. The number of aromatic amines is 2. The van der Waals surface area contributed by atoms with Crippen molar-refractivity contribution in [2.75, 3.05) is 4.72 Å². The van der Waals surface area contributed by atoms with Crippen molar-refractivity contribution in [1.29, 1.82) is 0 Å². The molecule has 32 heavy (non-hydrogen) atoms. The summed E-state index contributed by atoms with van der Waals surface area (Å²) in [6, 6.07) is 9.23. The molecule has 4 heterocycles. The van der Waals surface area contributed by atoms with Gasteiger partial charge in [-0.15, -0.1) is 0 Å². The Kier molecular flexibility index (Phi) is 4.95. The summed E-state index contributed by atoms with van der Waals surface area (Å²) in [5, 5.41) is 1.19. The largest absolute Gasteiger partial charge is 0.423 e. The molecule has 9 nitrogen and oxygen atoms in total. The summed E-state index contributed by atoms with van der Waals surface area (Å²) in [4.78, 5) is 41.1. The van der Waals surface area contributed by atoms with Gasteiger partial charge in [-0.2, -0.15) is 0 Å². The molecule has 1 aromatic carbocycles. The third-order valence-electron chi connectivity index (χ3n) is 4.75. The fourth-order valence-electron chi connectivity index (χ4n) is 3.23. The topological polar surface area (TPSA) is 130 Å². The van der Waals surface area contributed by atoms with E-state index in [-0.39, 0.29) is 0 Å². The van der Waals surface area contributed by atoms with Crippen LogP contribution in [0.1, 0.15) is 11.5 Å². The maximum Gasteiger partial charge on any atom is 0.315 e. The van der Waals surface area contributed by atoms with Crippen molar-refractivity contribution in [2.24, 2.45) is 0 Å². The van der Waals surface area contributed by atoms with Crippen LogP contribution in [0, 0.1) is 13.8 Å². The molecule has 0 amide bonds. The maximum atomic E-state index is 11.6. The number of anilines is 1. The summed E-state index contributed by atoms with van der Waals surface area (Å²) in [5.74, 6) is 0.556. The van der Waals surface area contributed by atoms with E-state index in [1.54, 1.807) is 25.3 Å². The van der Waals surface area contributed by atoms with Crippen LogP contribution in [0.25, 0.3) is 33.5 Å². The Morgan fingerprint density at radius 1 is 1.06 bits per heavy atom. The zero-order valence-corrected chi connectivity index (χ0v) is 18.4. The molecule has 5 aromatic rings. The molecular formula is C21H15ClN6O3S. The third-order valence-corrected chi connectivity index (χ3v) is 6.01. The number of halogens is 1. The lowest BCUT2D eigenvalue weighted by molar-refractivity contribution is 0.551. The summed E-state index contributed by atoms with van der Waals surface area (Å²) in [5.41, 5.74) is 3.74. The van der Waals surface area contributed by atoms with Crippen LogP contribution in [0.15, 0.2) is 55.6 Å². The van der Waals surface area contributed by atoms with Gasteiger partial charge in [0.15, 0.2) is 11.5 Å². The number of nitrogens with zero attached hydrogens (tertiary/aromatic N) is 3. The van der Waals surface area contributed by atoms with Gasteiger partial charge in [-0.25, -0.2) is 15.0 Å². The molecule has 0 unspecified atom stereocenters. The minimum atomic E-state index is -0.742. The number of pyridine rings is 2. The number of nitrogens with one attached hydrogen (secondary N) is 3. The lowest BCUT2D eigenvalue weighted by Gasteiger charge is -2.10. The van der Waals surface area contributed by atoms with Crippen LogP contribution >= 0.6 is 23.5 Å². The first-order valence-corrected chi connectivity index (χ1v) is 10.7. The summed E-state index contributed by atoms with van der Waals surface area (Å²) in [6.07, 6.45) is 1.70. The molecule has 0 fully saturated rings. The lowest BCUT2D eigenvalue weighted by Crippen LogP contribution is -2.29. The van der Waals surface area contributed by atoms with Gasteiger partial charge in [-0.1, -0.05) is 17.7 Å². The van der Waals surface area contributed by atoms with Crippen molar-refractivity contribution in [1.82, 2.24) is 24.9 Å². The molecule has 0 aliphatic carbocycles. The van der Waals surface area contributed by atoms with Crippen molar-refractivity contribution in [3.8, 4) is 11.1 Å². The first-order chi connectivity index (χ1) is 15.4. The first kappa shape index (κ1) is 20.3. The van der Waals surface area contributed by atoms with E-state index in [9.17, 15) is 9.59 Å². The molecule has 4 aromatic heterocycles. The minimum absolute atomic E-state index is 0.309. The van der Waals surface area contributed by atoms with E-state index in [1.165, 1.54) is 11.9 Å². The highest BCUT2D eigenvalue weighted by molar-refractivity contribution is 8.00. The predicted molar refractivity (Wildman–Crippen MR) is 124 cm³/mol. The molecule has 0 saturated heterocycles. The lowest BCUT2D eigenvalue weighted by atomic mass is 10.1. The third kappa shape index (κ3) is 3.74. The summed E-state index contributed by atoms with van der Waals surface area (Å²) < 4.78 is 8.63. The van der Waals surface area contributed by atoms with Crippen LogP contribution in [0.2, 0.25) is 5.02 Å². The zero-order valence-electron chi connectivity index (χ0n) is 16.8. The van der Waals surface area contributed by atoms with E-state index < -0.39 is 11.1 Å². The number of rotatable bonds is 4. The average molecular weight is 467 g/mol. The molecular weight excluding hydrogens is 452 g/mol. The van der Waals surface area contributed by atoms with Crippen LogP contribution in [-0.2, 0) is 0 Å². The molecule has 160 valence electrons. The molecule has 0 aliphatic heterocycles. The first-order valence-electron chi connectivity index (χ1n) is 9.47. The van der Waals surface area contributed by atoms with Gasteiger partial charge in [0, 0.05) is 41.9 Å².